The van der Waals surface area contributed by atoms with Crippen LogP contribution in [0.1, 0.15) is 12.5 Å². The average Bonchev–Trinajstić information content (AvgIpc) is 2.20. The van der Waals surface area contributed by atoms with Crippen molar-refractivity contribution in [3.63, 3.8) is 0 Å². The number of hydrogen-bond donors (Lipinski definition) is 0. The van der Waals surface area contributed by atoms with Crippen LogP contribution in [-0.4, -0.2) is 0 Å². The zero-order chi connectivity index (χ0) is 10.6. The van der Waals surface area contributed by atoms with Crippen LogP contribution in [0.25, 0.3) is 5.57 Å². The molecule has 0 unspecified atom stereocenters. The molecule has 0 aliphatic carbocycles. The molecule has 0 bridgehead atoms. The van der Waals surface area contributed by atoms with Crippen LogP contribution < -0.4 is 0 Å². The molecule has 0 spiro atoms. The first-order valence-corrected chi connectivity index (χ1v) is 4.34. The molecular weight excluding hydrogens is 196 g/mol. The molecule has 0 heterocycles. The molecule has 0 saturated heterocycles. The van der Waals surface area contributed by atoms with Gasteiger partial charge in [0.1, 0.15) is 17.7 Å². The third-order valence-electron chi connectivity index (χ3n) is 1.88. The van der Waals surface area contributed by atoms with Gasteiger partial charge in [-0.2, -0.15) is 10.5 Å². The molecule has 1 aromatic rings. The fourth-order valence-electron chi connectivity index (χ4n) is 1.09. The van der Waals surface area contributed by atoms with Gasteiger partial charge in [-0.05, 0) is 24.1 Å². The molecular formula is C11H7ClN2. The highest BCUT2D eigenvalue weighted by Crippen LogP contribution is 2.25. The molecule has 1 rings (SSSR count). The highest BCUT2D eigenvalue weighted by Gasteiger charge is 2.06. The molecule has 1 aromatic carbocycles. The van der Waals surface area contributed by atoms with Crippen LogP contribution in [0.3, 0.4) is 0 Å². The first-order chi connectivity index (χ1) is 6.70. The molecule has 0 N–H and O–H groups in total. The minimum absolute atomic E-state index is 0.0955. The quantitative estimate of drug-likeness (QED) is 0.657. The summed E-state index contributed by atoms with van der Waals surface area (Å²) in [5.74, 6) is 0. The number of nitriles is 2. The summed E-state index contributed by atoms with van der Waals surface area (Å²) < 4.78 is 0. The van der Waals surface area contributed by atoms with Gasteiger partial charge in [-0.25, -0.2) is 0 Å². The zero-order valence-corrected chi connectivity index (χ0v) is 8.34. The molecule has 0 saturated carbocycles. The summed E-state index contributed by atoms with van der Waals surface area (Å²) in [5.41, 5.74) is 1.44. The van der Waals surface area contributed by atoms with E-state index >= 15 is 0 Å². The van der Waals surface area contributed by atoms with Gasteiger partial charge in [0.05, 0.1) is 0 Å². The molecule has 0 fully saturated rings. The number of benzene rings is 1. The van der Waals surface area contributed by atoms with Crippen molar-refractivity contribution in [2.24, 2.45) is 0 Å². The molecule has 0 aromatic heterocycles. The Bertz CT molecular complexity index is 445. The Labute approximate surface area is 87.7 Å². The molecule has 3 heteroatoms. The van der Waals surface area contributed by atoms with E-state index in [4.69, 9.17) is 22.1 Å². The number of hydrogen-bond acceptors (Lipinski definition) is 2. The Kier molecular flexibility index (Phi) is 3.29. The average molecular weight is 203 g/mol. The fraction of sp³-hybridized carbons (Fsp3) is 0.0909. The Hall–Kier alpha value is -1.77. The lowest BCUT2D eigenvalue weighted by atomic mass is 10.0. The van der Waals surface area contributed by atoms with Gasteiger partial charge in [0.15, 0.2) is 0 Å². The maximum atomic E-state index is 8.68. The summed E-state index contributed by atoms with van der Waals surface area (Å²) in [6, 6.07) is 10.8. The number of rotatable bonds is 1. The predicted octanol–water partition coefficient (Wildman–Crippen LogP) is 3.16. The minimum atomic E-state index is 0.0955. The van der Waals surface area contributed by atoms with E-state index in [1.807, 2.05) is 18.2 Å². The summed E-state index contributed by atoms with van der Waals surface area (Å²) in [6.07, 6.45) is 0. The lowest BCUT2D eigenvalue weighted by molar-refractivity contribution is 1.44. The first-order valence-electron chi connectivity index (χ1n) is 3.96. The zero-order valence-electron chi connectivity index (χ0n) is 7.58. The van der Waals surface area contributed by atoms with E-state index in [1.165, 1.54) is 0 Å². The summed E-state index contributed by atoms with van der Waals surface area (Å²) in [5, 5.41) is 17.9. The Morgan fingerprint density at radius 3 is 2.29 bits per heavy atom. The topological polar surface area (TPSA) is 47.6 Å². The van der Waals surface area contributed by atoms with Crippen molar-refractivity contribution in [3.8, 4) is 12.1 Å². The van der Waals surface area contributed by atoms with Crippen LogP contribution in [0, 0.1) is 22.7 Å². The summed E-state index contributed by atoms with van der Waals surface area (Å²) in [7, 11) is 0. The second-order valence-corrected chi connectivity index (χ2v) is 3.11. The van der Waals surface area contributed by atoms with Crippen molar-refractivity contribution in [2.75, 3.05) is 0 Å². The predicted molar refractivity (Wildman–Crippen MR) is 55.3 cm³/mol. The maximum absolute atomic E-state index is 8.68. The van der Waals surface area contributed by atoms with Crippen LogP contribution in [0.5, 0.6) is 0 Å². The smallest absolute Gasteiger partial charge is 0.133 e. The Balaban J connectivity index is 3.35. The molecule has 0 aliphatic rings. The van der Waals surface area contributed by atoms with E-state index in [2.05, 4.69) is 0 Å². The second-order valence-electron chi connectivity index (χ2n) is 2.70. The van der Waals surface area contributed by atoms with E-state index in [9.17, 15) is 0 Å². The first kappa shape index (κ1) is 10.3. The highest BCUT2D eigenvalue weighted by molar-refractivity contribution is 6.32. The van der Waals surface area contributed by atoms with Crippen LogP contribution in [-0.2, 0) is 0 Å². The normalized spacial score (nSPS) is 8.57. The third-order valence-corrected chi connectivity index (χ3v) is 2.21. The Morgan fingerprint density at radius 1 is 1.21 bits per heavy atom. The van der Waals surface area contributed by atoms with Crippen molar-refractivity contribution in [1.82, 2.24) is 0 Å². The van der Waals surface area contributed by atoms with Gasteiger partial charge in [-0.1, -0.05) is 29.8 Å². The van der Waals surface area contributed by atoms with Crippen molar-refractivity contribution < 1.29 is 0 Å². The molecule has 0 aliphatic heterocycles. The summed E-state index contributed by atoms with van der Waals surface area (Å²) in [6.45, 7) is 1.71. The van der Waals surface area contributed by atoms with E-state index in [0.29, 0.717) is 10.6 Å². The van der Waals surface area contributed by atoms with Gasteiger partial charge in [0, 0.05) is 5.02 Å². The standard InChI is InChI=1S/C11H7ClN2/c1-8(9(6-13)7-14)10-4-2-3-5-11(10)12/h2-5H,1H3. The second kappa shape index (κ2) is 4.46. The summed E-state index contributed by atoms with van der Waals surface area (Å²) >= 11 is 5.92. The van der Waals surface area contributed by atoms with Gasteiger partial charge in [0.25, 0.3) is 0 Å². The molecule has 2 nitrogen and oxygen atoms in total. The van der Waals surface area contributed by atoms with Crippen LogP contribution in [0.15, 0.2) is 29.8 Å². The largest absolute Gasteiger partial charge is 0.192 e. The van der Waals surface area contributed by atoms with E-state index in [-0.39, 0.29) is 5.57 Å². The molecule has 0 amide bonds. The Morgan fingerprint density at radius 2 is 1.79 bits per heavy atom. The number of nitrogens with zero attached hydrogens (tertiary/aromatic N) is 2. The lowest BCUT2D eigenvalue weighted by Gasteiger charge is -2.03. The molecule has 14 heavy (non-hydrogen) atoms. The highest BCUT2D eigenvalue weighted by atomic mass is 35.5. The molecule has 68 valence electrons. The molecule has 0 radical (unpaired) electrons. The van der Waals surface area contributed by atoms with Crippen LogP contribution >= 0.6 is 11.6 Å². The van der Waals surface area contributed by atoms with Crippen molar-refractivity contribution >= 4 is 17.2 Å². The molecule has 0 atom stereocenters. The van der Waals surface area contributed by atoms with Gasteiger partial charge in [-0.3, -0.25) is 0 Å². The number of halogens is 1. The summed E-state index contributed by atoms with van der Waals surface area (Å²) in [4.78, 5) is 0. The van der Waals surface area contributed by atoms with Crippen molar-refractivity contribution in [1.29, 1.82) is 10.5 Å². The number of allylic oxidation sites excluding steroid dienone is 2. The van der Waals surface area contributed by atoms with Gasteiger partial charge >= 0.3 is 0 Å². The van der Waals surface area contributed by atoms with Gasteiger partial charge in [0.2, 0.25) is 0 Å². The maximum Gasteiger partial charge on any atom is 0.133 e. The monoisotopic (exact) mass is 202 g/mol. The lowest BCUT2D eigenvalue weighted by Crippen LogP contribution is -1.85. The minimum Gasteiger partial charge on any atom is -0.192 e. The van der Waals surface area contributed by atoms with E-state index in [0.717, 1.165) is 5.56 Å². The van der Waals surface area contributed by atoms with Crippen molar-refractivity contribution in [3.05, 3.63) is 40.4 Å². The van der Waals surface area contributed by atoms with Crippen LogP contribution in [0.2, 0.25) is 5.02 Å². The van der Waals surface area contributed by atoms with Crippen molar-refractivity contribution in [2.45, 2.75) is 6.92 Å². The third kappa shape index (κ3) is 1.93. The van der Waals surface area contributed by atoms with E-state index in [1.54, 1.807) is 25.1 Å². The van der Waals surface area contributed by atoms with E-state index < -0.39 is 0 Å². The van der Waals surface area contributed by atoms with Gasteiger partial charge < -0.3 is 0 Å². The van der Waals surface area contributed by atoms with Gasteiger partial charge in [-0.15, -0.1) is 0 Å². The fourth-order valence-corrected chi connectivity index (χ4v) is 1.37. The van der Waals surface area contributed by atoms with Crippen LogP contribution in [0.4, 0.5) is 0 Å². The SMILES string of the molecule is CC(=C(C#N)C#N)c1ccccc1Cl.